The number of carbonyl (C=O) groups excluding carboxylic acids is 3. The third kappa shape index (κ3) is 3.15. The summed E-state index contributed by atoms with van der Waals surface area (Å²) in [5.41, 5.74) is 1.12. The van der Waals surface area contributed by atoms with Crippen molar-refractivity contribution in [2.24, 2.45) is 0 Å². The molecule has 7 nitrogen and oxygen atoms in total. The van der Waals surface area contributed by atoms with Gasteiger partial charge in [0.25, 0.3) is 17.7 Å². The number of rotatable bonds is 6. The van der Waals surface area contributed by atoms with Gasteiger partial charge in [-0.15, -0.1) is 0 Å². The fraction of sp³-hybridized carbons (Fsp3) is 0.235. The first kappa shape index (κ1) is 15.8. The molecule has 0 saturated heterocycles. The van der Waals surface area contributed by atoms with Crippen LogP contribution in [0.2, 0.25) is 0 Å². The fourth-order valence-corrected chi connectivity index (χ4v) is 2.52. The van der Waals surface area contributed by atoms with E-state index in [1.807, 2.05) is 0 Å². The maximum atomic E-state index is 12.2. The average molecular weight is 324 g/mol. The predicted octanol–water partition coefficient (Wildman–Crippen LogP) is 1.28. The highest BCUT2D eigenvalue weighted by molar-refractivity contribution is 6.20. The van der Waals surface area contributed by atoms with Gasteiger partial charge in [-0.2, -0.15) is 0 Å². The quantitative estimate of drug-likeness (QED) is 0.638. The first-order valence-electron chi connectivity index (χ1n) is 7.68. The third-order valence-corrected chi connectivity index (χ3v) is 3.77. The predicted molar refractivity (Wildman–Crippen MR) is 85.4 cm³/mol. The zero-order valence-electron chi connectivity index (χ0n) is 12.9. The Morgan fingerprint density at radius 3 is 2.58 bits per heavy atom. The lowest BCUT2D eigenvalue weighted by molar-refractivity contribution is 0.0648. The number of imide groups is 1. The minimum atomic E-state index is -0.351. The van der Waals surface area contributed by atoms with E-state index in [9.17, 15) is 14.4 Å². The van der Waals surface area contributed by atoms with Gasteiger partial charge in [0.15, 0.2) is 0 Å². The highest BCUT2D eigenvalue weighted by atomic mass is 16.2. The molecule has 7 heteroatoms. The van der Waals surface area contributed by atoms with Crippen LogP contribution < -0.4 is 5.32 Å². The number of aromatic nitrogens is 2. The van der Waals surface area contributed by atoms with Gasteiger partial charge in [-0.1, -0.05) is 0 Å². The summed E-state index contributed by atoms with van der Waals surface area (Å²) in [6, 6.07) is 6.53. The van der Waals surface area contributed by atoms with Crippen LogP contribution in [-0.2, 0) is 0 Å². The molecule has 0 aliphatic carbocycles. The maximum absolute atomic E-state index is 12.2. The number of unbranched alkanes of at least 4 members (excludes halogenated alkanes) is 1. The molecule has 0 atom stereocenters. The van der Waals surface area contributed by atoms with Crippen LogP contribution in [0, 0.1) is 0 Å². The van der Waals surface area contributed by atoms with Crippen molar-refractivity contribution >= 4 is 17.7 Å². The van der Waals surface area contributed by atoms with Crippen molar-refractivity contribution in [1.29, 1.82) is 0 Å². The largest absolute Gasteiger partial charge is 0.352 e. The van der Waals surface area contributed by atoms with Gasteiger partial charge in [0, 0.05) is 37.2 Å². The summed E-state index contributed by atoms with van der Waals surface area (Å²) in [7, 11) is 0. The van der Waals surface area contributed by atoms with Gasteiger partial charge < -0.3 is 5.32 Å². The minimum absolute atomic E-state index is 0.165. The van der Waals surface area contributed by atoms with E-state index in [4.69, 9.17) is 0 Å². The highest BCUT2D eigenvalue weighted by Crippen LogP contribution is 2.20. The van der Waals surface area contributed by atoms with Gasteiger partial charge in [-0.3, -0.25) is 29.3 Å². The number of nitrogens with one attached hydrogen (secondary N) is 1. The minimum Gasteiger partial charge on any atom is -0.352 e. The van der Waals surface area contributed by atoms with E-state index in [0.717, 1.165) is 0 Å². The molecule has 3 rings (SSSR count). The number of hydrogen-bond donors (Lipinski definition) is 1. The van der Waals surface area contributed by atoms with Gasteiger partial charge in [-0.25, -0.2) is 0 Å². The molecule has 3 amide bonds. The van der Waals surface area contributed by atoms with Gasteiger partial charge in [0.05, 0.1) is 5.56 Å². The second-order valence-corrected chi connectivity index (χ2v) is 5.36. The van der Waals surface area contributed by atoms with Gasteiger partial charge in [-0.05, 0) is 37.1 Å². The van der Waals surface area contributed by atoms with Crippen LogP contribution in [0.25, 0.3) is 0 Å². The summed E-state index contributed by atoms with van der Waals surface area (Å²) in [6.07, 6.45) is 5.90. The molecule has 2 aromatic heterocycles. The Hall–Kier alpha value is -3.09. The van der Waals surface area contributed by atoms with Crippen molar-refractivity contribution in [2.75, 3.05) is 13.1 Å². The number of nitrogens with zero attached hydrogens (tertiary/aromatic N) is 3. The van der Waals surface area contributed by atoms with Crippen molar-refractivity contribution in [3.63, 3.8) is 0 Å². The van der Waals surface area contributed by atoms with Gasteiger partial charge in [0.1, 0.15) is 5.69 Å². The summed E-state index contributed by atoms with van der Waals surface area (Å²) < 4.78 is 0. The Morgan fingerprint density at radius 2 is 1.83 bits per heavy atom. The van der Waals surface area contributed by atoms with Crippen molar-refractivity contribution < 1.29 is 14.4 Å². The standard InChI is InChI=1S/C17H16N4O3/c22-15(12-5-9-18-10-6-12)20-7-1-2-11-21-16(23)13-4-3-8-19-14(13)17(21)24/h3-6,8-10H,1-2,7,11H2,(H,20,22). The SMILES string of the molecule is O=C(NCCCCN1C(=O)c2cccnc2C1=O)c1ccncc1. The van der Waals surface area contributed by atoms with E-state index < -0.39 is 0 Å². The smallest absolute Gasteiger partial charge is 0.280 e. The van der Waals surface area contributed by atoms with E-state index in [-0.39, 0.29) is 23.4 Å². The maximum Gasteiger partial charge on any atom is 0.280 e. The fourth-order valence-electron chi connectivity index (χ4n) is 2.52. The molecule has 0 bridgehead atoms. The van der Waals surface area contributed by atoms with Crippen LogP contribution >= 0.6 is 0 Å². The van der Waals surface area contributed by atoms with Crippen molar-refractivity contribution in [1.82, 2.24) is 20.2 Å². The molecule has 0 spiro atoms. The van der Waals surface area contributed by atoms with E-state index >= 15 is 0 Å². The number of amides is 3. The lowest BCUT2D eigenvalue weighted by Crippen LogP contribution is -2.31. The van der Waals surface area contributed by atoms with Crippen LogP contribution in [0.4, 0.5) is 0 Å². The zero-order chi connectivity index (χ0) is 16.9. The lowest BCUT2D eigenvalue weighted by Gasteiger charge is -2.13. The molecule has 122 valence electrons. The van der Waals surface area contributed by atoms with E-state index in [2.05, 4.69) is 15.3 Å². The molecule has 1 aliphatic rings. The molecular formula is C17H16N4O3. The Morgan fingerprint density at radius 1 is 1.04 bits per heavy atom. The van der Waals surface area contributed by atoms with Crippen molar-refractivity contribution in [3.8, 4) is 0 Å². The molecule has 2 aromatic rings. The molecule has 3 heterocycles. The second kappa shape index (κ2) is 6.99. The summed E-state index contributed by atoms with van der Waals surface area (Å²) >= 11 is 0. The molecule has 1 N–H and O–H groups in total. The number of hydrogen-bond acceptors (Lipinski definition) is 5. The Balaban J connectivity index is 1.44. The molecule has 0 saturated carbocycles. The first-order valence-corrected chi connectivity index (χ1v) is 7.68. The van der Waals surface area contributed by atoms with Crippen LogP contribution in [-0.4, -0.2) is 45.7 Å². The summed E-state index contributed by atoms with van der Waals surface area (Å²) in [5.74, 6) is -0.817. The zero-order valence-corrected chi connectivity index (χ0v) is 12.9. The normalized spacial score (nSPS) is 13.1. The topological polar surface area (TPSA) is 92.3 Å². The third-order valence-electron chi connectivity index (χ3n) is 3.77. The monoisotopic (exact) mass is 324 g/mol. The molecule has 0 fully saturated rings. The van der Waals surface area contributed by atoms with Crippen LogP contribution in [0.15, 0.2) is 42.9 Å². The summed E-state index contributed by atoms with van der Waals surface area (Å²) in [4.78, 5) is 45.2. The van der Waals surface area contributed by atoms with E-state index in [1.165, 1.54) is 11.1 Å². The van der Waals surface area contributed by atoms with Gasteiger partial charge in [0.2, 0.25) is 0 Å². The second-order valence-electron chi connectivity index (χ2n) is 5.36. The Labute approximate surface area is 138 Å². The molecule has 24 heavy (non-hydrogen) atoms. The summed E-state index contributed by atoms with van der Waals surface area (Å²) in [6.45, 7) is 0.793. The number of carbonyl (C=O) groups is 3. The number of fused-ring (bicyclic) bond motifs is 1. The average Bonchev–Trinajstić information content (AvgIpc) is 2.87. The van der Waals surface area contributed by atoms with Crippen molar-refractivity contribution in [2.45, 2.75) is 12.8 Å². The molecular weight excluding hydrogens is 308 g/mol. The van der Waals surface area contributed by atoms with Gasteiger partial charge >= 0.3 is 0 Å². The van der Waals surface area contributed by atoms with E-state index in [0.29, 0.717) is 37.1 Å². The summed E-state index contributed by atoms with van der Waals surface area (Å²) in [5, 5.41) is 2.80. The Kier molecular flexibility index (Phi) is 4.60. The molecule has 0 aromatic carbocycles. The van der Waals surface area contributed by atoms with E-state index in [1.54, 1.807) is 36.7 Å². The van der Waals surface area contributed by atoms with Crippen LogP contribution in [0.5, 0.6) is 0 Å². The van der Waals surface area contributed by atoms with Crippen LogP contribution in [0.3, 0.4) is 0 Å². The highest BCUT2D eigenvalue weighted by Gasteiger charge is 2.35. The molecule has 0 unspecified atom stereocenters. The Bertz CT molecular complexity index is 741. The molecule has 0 radical (unpaired) electrons. The number of pyridine rings is 2. The van der Waals surface area contributed by atoms with Crippen molar-refractivity contribution in [3.05, 3.63) is 59.7 Å². The first-order chi connectivity index (χ1) is 11.7. The van der Waals surface area contributed by atoms with Crippen LogP contribution in [0.1, 0.15) is 44.0 Å². The molecule has 1 aliphatic heterocycles. The lowest BCUT2D eigenvalue weighted by atomic mass is 10.2.